The molecular formula is C19H20FNO3. The SMILES string of the molecule is CC(C)c1ccc(NC(=O)[C@H](C)OC(=O)c2ccccc2F)cc1. The molecule has 0 unspecified atom stereocenters. The van der Waals surface area contributed by atoms with Crippen LogP contribution in [0.5, 0.6) is 0 Å². The van der Waals surface area contributed by atoms with Gasteiger partial charge in [-0.05, 0) is 42.7 Å². The van der Waals surface area contributed by atoms with Crippen molar-refractivity contribution < 1.29 is 18.7 Å². The minimum atomic E-state index is -1.04. The van der Waals surface area contributed by atoms with Crippen molar-refractivity contribution in [2.45, 2.75) is 32.8 Å². The molecular weight excluding hydrogens is 309 g/mol. The van der Waals surface area contributed by atoms with Crippen LogP contribution in [-0.4, -0.2) is 18.0 Å². The van der Waals surface area contributed by atoms with E-state index in [0.29, 0.717) is 11.6 Å². The van der Waals surface area contributed by atoms with Crippen LogP contribution in [0.25, 0.3) is 0 Å². The molecule has 0 aliphatic rings. The van der Waals surface area contributed by atoms with Gasteiger partial charge in [0, 0.05) is 5.69 Å². The number of carbonyl (C=O) groups excluding carboxylic acids is 2. The number of anilines is 1. The normalized spacial score (nSPS) is 11.9. The van der Waals surface area contributed by atoms with E-state index in [0.717, 1.165) is 11.6 Å². The van der Waals surface area contributed by atoms with Crippen LogP contribution in [0.4, 0.5) is 10.1 Å². The molecule has 0 heterocycles. The second kappa shape index (κ2) is 7.73. The van der Waals surface area contributed by atoms with Crippen molar-refractivity contribution in [3.8, 4) is 0 Å². The van der Waals surface area contributed by atoms with Crippen molar-refractivity contribution in [2.24, 2.45) is 0 Å². The largest absolute Gasteiger partial charge is 0.449 e. The molecule has 0 radical (unpaired) electrons. The van der Waals surface area contributed by atoms with Gasteiger partial charge in [-0.1, -0.05) is 38.1 Å². The van der Waals surface area contributed by atoms with Crippen LogP contribution < -0.4 is 5.32 Å². The van der Waals surface area contributed by atoms with Crippen LogP contribution in [0.15, 0.2) is 48.5 Å². The quantitative estimate of drug-likeness (QED) is 0.839. The molecule has 0 aromatic heterocycles. The predicted molar refractivity (Wildman–Crippen MR) is 90.4 cm³/mol. The smallest absolute Gasteiger partial charge is 0.341 e. The van der Waals surface area contributed by atoms with Gasteiger partial charge < -0.3 is 10.1 Å². The first-order valence-corrected chi connectivity index (χ1v) is 7.75. The predicted octanol–water partition coefficient (Wildman–Crippen LogP) is 4.13. The Balaban J connectivity index is 1.97. The summed E-state index contributed by atoms with van der Waals surface area (Å²) in [7, 11) is 0. The molecule has 24 heavy (non-hydrogen) atoms. The fraction of sp³-hybridized carbons (Fsp3) is 0.263. The summed E-state index contributed by atoms with van der Waals surface area (Å²) in [5.41, 5.74) is 1.57. The molecule has 0 bridgehead atoms. The van der Waals surface area contributed by atoms with Gasteiger partial charge in [0.25, 0.3) is 5.91 Å². The highest BCUT2D eigenvalue weighted by atomic mass is 19.1. The first kappa shape index (κ1) is 17.7. The van der Waals surface area contributed by atoms with Gasteiger partial charge in [0.05, 0.1) is 5.56 Å². The van der Waals surface area contributed by atoms with Crippen LogP contribution in [0.2, 0.25) is 0 Å². The number of nitrogens with one attached hydrogen (secondary N) is 1. The number of carbonyl (C=O) groups is 2. The molecule has 0 saturated carbocycles. The number of esters is 1. The zero-order chi connectivity index (χ0) is 17.7. The van der Waals surface area contributed by atoms with E-state index in [9.17, 15) is 14.0 Å². The van der Waals surface area contributed by atoms with Crippen LogP contribution in [0.3, 0.4) is 0 Å². The molecule has 0 spiro atoms. The molecule has 126 valence electrons. The molecule has 2 aromatic carbocycles. The number of rotatable bonds is 5. The van der Waals surface area contributed by atoms with E-state index in [1.165, 1.54) is 25.1 Å². The van der Waals surface area contributed by atoms with Gasteiger partial charge in [0.2, 0.25) is 0 Å². The maximum atomic E-state index is 13.5. The van der Waals surface area contributed by atoms with Crippen molar-refractivity contribution in [1.29, 1.82) is 0 Å². The molecule has 2 rings (SSSR count). The van der Waals surface area contributed by atoms with Gasteiger partial charge in [-0.3, -0.25) is 4.79 Å². The molecule has 4 nitrogen and oxygen atoms in total. The Morgan fingerprint density at radius 3 is 2.21 bits per heavy atom. The minimum Gasteiger partial charge on any atom is -0.449 e. The second-order valence-corrected chi connectivity index (χ2v) is 5.79. The topological polar surface area (TPSA) is 55.4 Å². The lowest BCUT2D eigenvalue weighted by Gasteiger charge is -2.14. The van der Waals surface area contributed by atoms with E-state index in [-0.39, 0.29) is 5.56 Å². The van der Waals surface area contributed by atoms with E-state index in [1.54, 1.807) is 12.1 Å². The molecule has 1 atom stereocenters. The number of hydrogen-bond donors (Lipinski definition) is 1. The van der Waals surface area contributed by atoms with E-state index >= 15 is 0 Å². The lowest BCUT2D eigenvalue weighted by Crippen LogP contribution is -2.30. The Morgan fingerprint density at radius 1 is 1.00 bits per heavy atom. The summed E-state index contributed by atoms with van der Waals surface area (Å²) in [4.78, 5) is 24.0. The van der Waals surface area contributed by atoms with E-state index in [1.807, 2.05) is 12.1 Å². The first-order chi connectivity index (χ1) is 11.4. The third-order valence-electron chi connectivity index (χ3n) is 3.59. The monoisotopic (exact) mass is 329 g/mol. The van der Waals surface area contributed by atoms with E-state index < -0.39 is 23.8 Å². The van der Waals surface area contributed by atoms with Crippen molar-refractivity contribution in [2.75, 3.05) is 5.32 Å². The molecule has 1 N–H and O–H groups in total. The Labute approximate surface area is 140 Å². The summed E-state index contributed by atoms with van der Waals surface area (Å²) in [6, 6.07) is 12.9. The number of halogens is 1. The van der Waals surface area contributed by atoms with Gasteiger partial charge in [0.15, 0.2) is 6.10 Å². The molecule has 5 heteroatoms. The highest BCUT2D eigenvalue weighted by molar-refractivity contribution is 5.97. The Kier molecular flexibility index (Phi) is 5.68. The van der Waals surface area contributed by atoms with Gasteiger partial charge in [0.1, 0.15) is 5.82 Å². The van der Waals surface area contributed by atoms with Crippen LogP contribution in [0.1, 0.15) is 42.6 Å². The van der Waals surface area contributed by atoms with Crippen LogP contribution in [-0.2, 0) is 9.53 Å². The van der Waals surface area contributed by atoms with Crippen molar-refractivity contribution >= 4 is 17.6 Å². The van der Waals surface area contributed by atoms with Crippen LogP contribution >= 0.6 is 0 Å². The summed E-state index contributed by atoms with van der Waals surface area (Å²) < 4.78 is 18.6. The summed E-state index contributed by atoms with van der Waals surface area (Å²) in [5.74, 6) is -1.63. The zero-order valence-electron chi connectivity index (χ0n) is 13.9. The Hall–Kier alpha value is -2.69. The van der Waals surface area contributed by atoms with Crippen molar-refractivity contribution in [1.82, 2.24) is 0 Å². The fourth-order valence-electron chi connectivity index (χ4n) is 2.10. The third-order valence-corrected chi connectivity index (χ3v) is 3.59. The Bertz CT molecular complexity index is 726. The molecule has 2 aromatic rings. The number of amides is 1. The lowest BCUT2D eigenvalue weighted by atomic mass is 10.0. The Morgan fingerprint density at radius 2 is 1.62 bits per heavy atom. The van der Waals surface area contributed by atoms with Crippen molar-refractivity contribution in [3.05, 3.63) is 65.5 Å². The van der Waals surface area contributed by atoms with Gasteiger partial charge in [-0.15, -0.1) is 0 Å². The standard InChI is InChI=1S/C19H20FNO3/c1-12(2)14-8-10-15(11-9-14)21-18(22)13(3)24-19(23)16-6-4-5-7-17(16)20/h4-13H,1-3H3,(H,21,22)/t13-/m0/s1. The minimum absolute atomic E-state index is 0.196. The average molecular weight is 329 g/mol. The van der Waals surface area contributed by atoms with Crippen molar-refractivity contribution in [3.63, 3.8) is 0 Å². The number of hydrogen-bond acceptors (Lipinski definition) is 3. The summed E-state index contributed by atoms with van der Waals surface area (Å²) >= 11 is 0. The fourth-order valence-corrected chi connectivity index (χ4v) is 2.10. The summed E-state index contributed by atoms with van der Waals surface area (Å²) in [6.07, 6.45) is -1.04. The van der Waals surface area contributed by atoms with Crippen LogP contribution in [0, 0.1) is 5.82 Å². The third kappa shape index (κ3) is 4.41. The lowest BCUT2D eigenvalue weighted by molar-refractivity contribution is -0.123. The molecule has 0 aliphatic carbocycles. The maximum absolute atomic E-state index is 13.5. The summed E-state index contributed by atoms with van der Waals surface area (Å²) in [5, 5.41) is 2.67. The zero-order valence-corrected chi connectivity index (χ0v) is 13.9. The van der Waals surface area contributed by atoms with Gasteiger partial charge in [-0.25, -0.2) is 9.18 Å². The molecule has 0 saturated heterocycles. The number of benzene rings is 2. The maximum Gasteiger partial charge on any atom is 0.341 e. The molecule has 1 amide bonds. The number of ether oxygens (including phenoxy) is 1. The van der Waals surface area contributed by atoms with Gasteiger partial charge >= 0.3 is 5.97 Å². The highest BCUT2D eigenvalue weighted by Gasteiger charge is 2.21. The van der Waals surface area contributed by atoms with Gasteiger partial charge in [-0.2, -0.15) is 0 Å². The van der Waals surface area contributed by atoms with E-state index in [4.69, 9.17) is 4.74 Å². The first-order valence-electron chi connectivity index (χ1n) is 7.75. The molecule has 0 fully saturated rings. The average Bonchev–Trinajstić information content (AvgIpc) is 2.55. The summed E-state index contributed by atoms with van der Waals surface area (Å²) in [6.45, 7) is 5.60. The van der Waals surface area contributed by atoms with E-state index in [2.05, 4.69) is 19.2 Å². The molecule has 0 aliphatic heterocycles. The second-order valence-electron chi connectivity index (χ2n) is 5.79. The highest BCUT2D eigenvalue weighted by Crippen LogP contribution is 2.17.